The number of esters is 1. The molecule has 0 fully saturated rings. The van der Waals surface area contributed by atoms with Gasteiger partial charge in [0.25, 0.3) is 5.91 Å². The number of hydrogen-bond acceptors (Lipinski definition) is 5. The van der Waals surface area contributed by atoms with Crippen molar-refractivity contribution in [1.29, 1.82) is 0 Å². The molecule has 7 heteroatoms. The molecular formula is C19H16ClNO5. The minimum absolute atomic E-state index is 0.0625. The molecule has 0 spiro atoms. The van der Waals surface area contributed by atoms with Gasteiger partial charge in [0.15, 0.2) is 6.61 Å². The van der Waals surface area contributed by atoms with Gasteiger partial charge >= 0.3 is 5.97 Å². The van der Waals surface area contributed by atoms with Crippen LogP contribution in [0, 0.1) is 6.92 Å². The SMILES string of the molecule is COc1ccc2oc(C(=O)OCC(=O)Nc3ccc(Cl)cc3)c(C)c2c1. The fourth-order valence-electron chi connectivity index (χ4n) is 2.45. The number of ether oxygens (including phenoxy) is 2. The maximum absolute atomic E-state index is 12.2. The van der Waals surface area contributed by atoms with E-state index in [2.05, 4.69) is 5.32 Å². The second-order valence-electron chi connectivity index (χ2n) is 5.55. The smallest absolute Gasteiger partial charge is 0.375 e. The number of aryl methyl sites for hydroxylation is 1. The number of carbonyl (C=O) groups is 2. The lowest BCUT2D eigenvalue weighted by molar-refractivity contribution is -0.119. The Morgan fingerprint density at radius 1 is 1.15 bits per heavy atom. The average molecular weight is 374 g/mol. The van der Waals surface area contributed by atoms with E-state index in [1.165, 1.54) is 0 Å². The van der Waals surface area contributed by atoms with Gasteiger partial charge in [0.2, 0.25) is 5.76 Å². The van der Waals surface area contributed by atoms with E-state index in [0.29, 0.717) is 27.6 Å². The van der Waals surface area contributed by atoms with Gasteiger partial charge in [0.05, 0.1) is 7.11 Å². The molecule has 0 aliphatic heterocycles. The number of nitrogens with one attached hydrogen (secondary N) is 1. The molecule has 1 heterocycles. The molecule has 0 aliphatic carbocycles. The highest BCUT2D eigenvalue weighted by Crippen LogP contribution is 2.29. The minimum atomic E-state index is -0.705. The van der Waals surface area contributed by atoms with Crippen molar-refractivity contribution >= 4 is 40.1 Å². The fraction of sp³-hybridized carbons (Fsp3) is 0.158. The van der Waals surface area contributed by atoms with Crippen molar-refractivity contribution in [2.75, 3.05) is 19.0 Å². The monoisotopic (exact) mass is 373 g/mol. The quantitative estimate of drug-likeness (QED) is 0.678. The van der Waals surface area contributed by atoms with Crippen molar-refractivity contribution in [3.05, 3.63) is 58.8 Å². The van der Waals surface area contributed by atoms with Gasteiger partial charge in [0.1, 0.15) is 11.3 Å². The molecule has 1 N–H and O–H groups in total. The molecule has 1 aromatic heterocycles. The van der Waals surface area contributed by atoms with Gasteiger partial charge < -0.3 is 19.2 Å². The highest BCUT2D eigenvalue weighted by Gasteiger charge is 2.20. The summed E-state index contributed by atoms with van der Waals surface area (Å²) in [6, 6.07) is 11.8. The van der Waals surface area contributed by atoms with E-state index < -0.39 is 18.5 Å². The van der Waals surface area contributed by atoms with Crippen molar-refractivity contribution < 1.29 is 23.5 Å². The third-order valence-corrected chi connectivity index (χ3v) is 4.04. The van der Waals surface area contributed by atoms with E-state index in [1.807, 2.05) is 0 Å². The molecule has 26 heavy (non-hydrogen) atoms. The third-order valence-electron chi connectivity index (χ3n) is 3.79. The molecule has 3 rings (SSSR count). The molecule has 134 valence electrons. The second-order valence-corrected chi connectivity index (χ2v) is 5.99. The van der Waals surface area contributed by atoms with Gasteiger partial charge in [-0.3, -0.25) is 4.79 Å². The van der Waals surface area contributed by atoms with Gasteiger partial charge in [-0.05, 0) is 49.4 Å². The summed E-state index contributed by atoms with van der Waals surface area (Å²) in [6.45, 7) is 1.32. The van der Waals surface area contributed by atoms with Crippen LogP contribution in [0.4, 0.5) is 5.69 Å². The molecule has 3 aromatic rings. The average Bonchev–Trinajstić information content (AvgIpc) is 2.98. The van der Waals surface area contributed by atoms with Crippen molar-refractivity contribution in [3.63, 3.8) is 0 Å². The zero-order valence-corrected chi connectivity index (χ0v) is 14.9. The van der Waals surface area contributed by atoms with Gasteiger partial charge in [-0.1, -0.05) is 11.6 Å². The van der Waals surface area contributed by atoms with Crippen LogP contribution in [0.5, 0.6) is 5.75 Å². The van der Waals surface area contributed by atoms with Crippen molar-refractivity contribution in [1.82, 2.24) is 0 Å². The van der Waals surface area contributed by atoms with E-state index in [9.17, 15) is 9.59 Å². The number of furan rings is 1. The predicted molar refractivity (Wildman–Crippen MR) is 97.9 cm³/mol. The number of carbonyl (C=O) groups excluding carboxylic acids is 2. The summed E-state index contributed by atoms with van der Waals surface area (Å²) in [5.41, 5.74) is 1.73. The zero-order chi connectivity index (χ0) is 18.7. The Hall–Kier alpha value is -2.99. The number of anilines is 1. The molecular weight excluding hydrogens is 358 g/mol. The molecule has 0 saturated carbocycles. The maximum atomic E-state index is 12.2. The number of rotatable bonds is 5. The van der Waals surface area contributed by atoms with Crippen LogP contribution in [0.2, 0.25) is 5.02 Å². The third kappa shape index (κ3) is 3.81. The van der Waals surface area contributed by atoms with Crippen LogP contribution in [0.25, 0.3) is 11.0 Å². The standard InChI is InChI=1S/C19H16ClNO5/c1-11-15-9-14(24-2)7-8-16(15)26-18(11)19(23)25-10-17(22)21-13-5-3-12(20)4-6-13/h3-9H,10H2,1-2H3,(H,21,22). The maximum Gasteiger partial charge on any atom is 0.375 e. The van der Waals surface area contributed by atoms with Crippen LogP contribution < -0.4 is 10.1 Å². The number of amides is 1. The molecule has 0 unspecified atom stereocenters. The Kier molecular flexibility index (Phi) is 5.14. The number of halogens is 1. The molecule has 0 aliphatic rings. The Labute approximate surface area is 154 Å². The first-order valence-electron chi connectivity index (χ1n) is 7.77. The molecule has 0 radical (unpaired) electrons. The van der Waals surface area contributed by atoms with Crippen LogP contribution >= 0.6 is 11.6 Å². The van der Waals surface area contributed by atoms with Gasteiger partial charge in [-0.15, -0.1) is 0 Å². The first-order chi connectivity index (χ1) is 12.5. The Morgan fingerprint density at radius 2 is 1.88 bits per heavy atom. The lowest BCUT2D eigenvalue weighted by Gasteiger charge is -2.06. The van der Waals surface area contributed by atoms with Crippen molar-refractivity contribution in [3.8, 4) is 5.75 Å². The van der Waals surface area contributed by atoms with Crippen LogP contribution in [-0.2, 0) is 9.53 Å². The summed E-state index contributed by atoms with van der Waals surface area (Å²) in [4.78, 5) is 24.2. The number of fused-ring (bicyclic) bond motifs is 1. The van der Waals surface area contributed by atoms with Crippen LogP contribution in [0.1, 0.15) is 16.1 Å². The summed E-state index contributed by atoms with van der Waals surface area (Å²) in [7, 11) is 1.56. The molecule has 6 nitrogen and oxygen atoms in total. The van der Waals surface area contributed by atoms with E-state index in [4.69, 9.17) is 25.5 Å². The predicted octanol–water partition coefficient (Wildman–Crippen LogP) is 4.20. The van der Waals surface area contributed by atoms with E-state index >= 15 is 0 Å². The first kappa shape index (κ1) is 17.8. The molecule has 0 atom stereocenters. The van der Waals surface area contributed by atoms with E-state index in [0.717, 1.165) is 5.39 Å². The second kappa shape index (κ2) is 7.49. The zero-order valence-electron chi connectivity index (χ0n) is 14.2. The minimum Gasteiger partial charge on any atom is -0.497 e. The largest absolute Gasteiger partial charge is 0.497 e. The van der Waals surface area contributed by atoms with Gasteiger partial charge in [0, 0.05) is 21.7 Å². The topological polar surface area (TPSA) is 77.8 Å². The summed E-state index contributed by atoms with van der Waals surface area (Å²) in [5.74, 6) is -0.448. The first-order valence-corrected chi connectivity index (χ1v) is 8.15. The number of methoxy groups -OCH3 is 1. The van der Waals surface area contributed by atoms with E-state index in [1.54, 1.807) is 56.5 Å². The van der Waals surface area contributed by atoms with Gasteiger partial charge in [-0.25, -0.2) is 4.79 Å². The Bertz CT molecular complexity index is 962. The highest BCUT2D eigenvalue weighted by atomic mass is 35.5. The molecule has 0 bridgehead atoms. The normalized spacial score (nSPS) is 10.6. The Balaban J connectivity index is 1.66. The lowest BCUT2D eigenvalue weighted by Crippen LogP contribution is -2.21. The van der Waals surface area contributed by atoms with E-state index in [-0.39, 0.29) is 5.76 Å². The lowest BCUT2D eigenvalue weighted by atomic mass is 10.1. The van der Waals surface area contributed by atoms with Crippen LogP contribution in [0.3, 0.4) is 0 Å². The van der Waals surface area contributed by atoms with Crippen molar-refractivity contribution in [2.45, 2.75) is 6.92 Å². The van der Waals surface area contributed by atoms with Crippen LogP contribution in [0.15, 0.2) is 46.9 Å². The molecule has 1 amide bonds. The number of benzene rings is 2. The summed E-state index contributed by atoms with van der Waals surface area (Å²) in [5, 5.41) is 3.92. The Morgan fingerprint density at radius 3 is 2.58 bits per heavy atom. The summed E-state index contributed by atoms with van der Waals surface area (Å²) in [6.07, 6.45) is 0. The summed E-state index contributed by atoms with van der Waals surface area (Å²) < 4.78 is 15.8. The van der Waals surface area contributed by atoms with Gasteiger partial charge in [-0.2, -0.15) is 0 Å². The fourth-order valence-corrected chi connectivity index (χ4v) is 2.57. The molecule has 0 saturated heterocycles. The van der Waals surface area contributed by atoms with Crippen molar-refractivity contribution in [2.24, 2.45) is 0 Å². The number of hydrogen-bond donors (Lipinski definition) is 1. The highest BCUT2D eigenvalue weighted by molar-refractivity contribution is 6.30. The summed E-state index contributed by atoms with van der Waals surface area (Å²) >= 11 is 5.79. The van der Waals surface area contributed by atoms with Crippen LogP contribution in [-0.4, -0.2) is 25.6 Å². The molecule has 2 aromatic carbocycles.